The smallest absolute Gasteiger partial charge is 0.305 e. The number of likely N-dealkylation sites (tertiary alicyclic amines) is 1. The van der Waals surface area contributed by atoms with E-state index in [2.05, 4.69) is 26.9 Å². The Balaban J connectivity index is 2.11. The second kappa shape index (κ2) is 9.58. The van der Waals surface area contributed by atoms with E-state index in [1.165, 1.54) is 26.5 Å². The minimum Gasteiger partial charge on any atom is -0.469 e. The molecule has 0 aliphatic carbocycles. The molecule has 0 amide bonds. The van der Waals surface area contributed by atoms with Crippen molar-refractivity contribution in [2.24, 2.45) is 10.7 Å². The third kappa shape index (κ3) is 6.23. The second-order valence-electron chi connectivity index (χ2n) is 5.11. The molecule has 0 aromatic heterocycles. The molecule has 1 heterocycles. The Morgan fingerprint density at radius 1 is 1.50 bits per heavy atom. The molecule has 116 valence electrons. The molecular weight excluding hydrogens is 256 g/mol. The molecule has 6 nitrogen and oxygen atoms in total. The zero-order chi connectivity index (χ0) is 14.8. The first-order chi connectivity index (χ1) is 9.67. The number of unbranched alkanes of at least 4 members (excludes halogenated alkanes) is 1. The summed E-state index contributed by atoms with van der Waals surface area (Å²) in [4.78, 5) is 17.8. The highest BCUT2D eigenvalue weighted by atomic mass is 16.5. The maximum Gasteiger partial charge on any atom is 0.305 e. The number of hydrogen-bond acceptors (Lipinski definition) is 4. The Kier molecular flexibility index (Phi) is 8.02. The number of nitrogens with one attached hydrogen (secondary N) is 1. The number of nitrogens with zero attached hydrogens (tertiary/aromatic N) is 2. The number of likely N-dealkylation sites (N-methyl/N-ethyl adjacent to an activating group) is 1. The van der Waals surface area contributed by atoms with Gasteiger partial charge in [0.2, 0.25) is 0 Å². The van der Waals surface area contributed by atoms with Gasteiger partial charge < -0.3 is 15.8 Å². The van der Waals surface area contributed by atoms with Crippen LogP contribution in [0.25, 0.3) is 0 Å². The highest BCUT2D eigenvalue weighted by Gasteiger charge is 2.22. The monoisotopic (exact) mass is 284 g/mol. The number of carbonyl (C=O) groups excluding carboxylic acids is 1. The first-order valence-corrected chi connectivity index (χ1v) is 7.52. The molecule has 1 rings (SSSR count). The summed E-state index contributed by atoms with van der Waals surface area (Å²) in [6.07, 6.45) is 4.62. The van der Waals surface area contributed by atoms with Crippen LogP contribution >= 0.6 is 0 Å². The average molecular weight is 284 g/mol. The molecule has 6 heteroatoms. The Labute approximate surface area is 121 Å². The van der Waals surface area contributed by atoms with Crippen LogP contribution in [0.3, 0.4) is 0 Å². The lowest BCUT2D eigenvalue weighted by Crippen LogP contribution is -2.36. The normalized spacial score (nSPS) is 20.1. The topological polar surface area (TPSA) is 80.0 Å². The number of nitrogens with two attached hydrogens (primary N) is 1. The summed E-state index contributed by atoms with van der Waals surface area (Å²) in [5.74, 6) is 0.346. The van der Waals surface area contributed by atoms with E-state index in [0.717, 1.165) is 32.5 Å². The van der Waals surface area contributed by atoms with Crippen molar-refractivity contribution in [3.63, 3.8) is 0 Å². The molecule has 0 aromatic rings. The molecule has 20 heavy (non-hydrogen) atoms. The third-order valence-corrected chi connectivity index (χ3v) is 3.72. The van der Waals surface area contributed by atoms with Crippen LogP contribution < -0.4 is 11.1 Å². The van der Waals surface area contributed by atoms with Crippen LogP contribution in [0, 0.1) is 0 Å². The predicted octanol–water partition coefficient (Wildman–Crippen LogP) is 0.718. The van der Waals surface area contributed by atoms with Gasteiger partial charge in [0.05, 0.1) is 13.7 Å². The van der Waals surface area contributed by atoms with Gasteiger partial charge in [0, 0.05) is 19.0 Å². The standard InChI is InChI=1S/C14H28N4O2/c1-3-18-10-6-7-12(18)11-17-14(15)16-9-5-4-8-13(19)20-2/h12H,3-11H2,1-2H3,(H3,15,16,17). The Morgan fingerprint density at radius 2 is 2.30 bits per heavy atom. The van der Waals surface area contributed by atoms with Crippen molar-refractivity contribution < 1.29 is 9.53 Å². The van der Waals surface area contributed by atoms with Gasteiger partial charge >= 0.3 is 5.97 Å². The lowest BCUT2D eigenvalue weighted by atomic mass is 10.2. The van der Waals surface area contributed by atoms with Gasteiger partial charge in [-0.1, -0.05) is 6.92 Å². The van der Waals surface area contributed by atoms with E-state index >= 15 is 0 Å². The number of rotatable bonds is 8. The number of hydrogen-bond donors (Lipinski definition) is 2. The molecule has 0 spiro atoms. The summed E-state index contributed by atoms with van der Waals surface area (Å²) < 4.78 is 4.58. The number of esters is 1. The fraction of sp³-hybridized carbons (Fsp3) is 0.857. The van der Waals surface area contributed by atoms with Gasteiger partial charge in [-0.25, -0.2) is 0 Å². The van der Waals surface area contributed by atoms with Crippen molar-refractivity contribution in [3.8, 4) is 0 Å². The van der Waals surface area contributed by atoms with Gasteiger partial charge in [0.1, 0.15) is 0 Å². The van der Waals surface area contributed by atoms with Gasteiger partial charge in [-0.3, -0.25) is 14.7 Å². The fourth-order valence-electron chi connectivity index (χ4n) is 2.49. The molecule has 0 saturated carbocycles. The SMILES string of the molecule is CCN1CCCC1CN=C(N)NCCCCC(=O)OC. The molecule has 3 N–H and O–H groups in total. The molecule has 0 radical (unpaired) electrons. The number of ether oxygens (including phenoxy) is 1. The maximum absolute atomic E-state index is 10.9. The molecule has 1 fully saturated rings. The average Bonchev–Trinajstić information content (AvgIpc) is 2.91. The van der Waals surface area contributed by atoms with E-state index in [1.807, 2.05) is 0 Å². The summed E-state index contributed by atoms with van der Waals surface area (Å²) in [6.45, 7) is 5.97. The van der Waals surface area contributed by atoms with Crippen molar-refractivity contribution >= 4 is 11.9 Å². The summed E-state index contributed by atoms with van der Waals surface area (Å²) in [5.41, 5.74) is 5.84. The first kappa shape index (κ1) is 16.8. The van der Waals surface area contributed by atoms with Crippen molar-refractivity contribution in [1.82, 2.24) is 10.2 Å². The number of aliphatic imine (C=N–C) groups is 1. The molecule has 1 aliphatic heterocycles. The Bertz CT molecular complexity index is 320. The predicted molar refractivity (Wildman–Crippen MR) is 80.6 cm³/mol. The van der Waals surface area contributed by atoms with Crippen LogP contribution in [-0.4, -0.2) is 56.2 Å². The zero-order valence-electron chi connectivity index (χ0n) is 12.7. The minimum atomic E-state index is -0.160. The van der Waals surface area contributed by atoms with Gasteiger partial charge in [-0.05, 0) is 38.8 Å². The van der Waals surface area contributed by atoms with Crippen LogP contribution in [0.5, 0.6) is 0 Å². The van der Waals surface area contributed by atoms with Crippen molar-refractivity contribution in [2.75, 3.05) is 33.3 Å². The molecule has 0 bridgehead atoms. The van der Waals surface area contributed by atoms with Gasteiger partial charge in [-0.2, -0.15) is 0 Å². The molecule has 1 unspecified atom stereocenters. The van der Waals surface area contributed by atoms with Crippen LogP contribution in [0.15, 0.2) is 4.99 Å². The summed E-state index contributed by atoms with van der Waals surface area (Å²) >= 11 is 0. The van der Waals surface area contributed by atoms with E-state index in [1.54, 1.807) is 0 Å². The van der Waals surface area contributed by atoms with E-state index < -0.39 is 0 Å². The minimum absolute atomic E-state index is 0.160. The molecule has 1 aliphatic rings. The lowest BCUT2D eigenvalue weighted by Gasteiger charge is -2.20. The Morgan fingerprint density at radius 3 is 3.00 bits per heavy atom. The zero-order valence-corrected chi connectivity index (χ0v) is 12.7. The first-order valence-electron chi connectivity index (χ1n) is 7.52. The Hall–Kier alpha value is -1.30. The van der Waals surface area contributed by atoms with Crippen LogP contribution in [0.4, 0.5) is 0 Å². The van der Waals surface area contributed by atoms with Gasteiger partial charge in [0.15, 0.2) is 5.96 Å². The van der Waals surface area contributed by atoms with E-state index in [9.17, 15) is 4.79 Å². The highest BCUT2D eigenvalue weighted by Crippen LogP contribution is 2.16. The largest absolute Gasteiger partial charge is 0.469 e. The highest BCUT2D eigenvalue weighted by molar-refractivity contribution is 5.77. The quantitative estimate of drug-likeness (QED) is 0.297. The number of methoxy groups -OCH3 is 1. The number of carbonyl (C=O) groups is 1. The lowest BCUT2D eigenvalue weighted by molar-refractivity contribution is -0.140. The van der Waals surface area contributed by atoms with Crippen molar-refractivity contribution in [2.45, 2.75) is 45.1 Å². The maximum atomic E-state index is 10.9. The summed E-state index contributed by atoms with van der Waals surface area (Å²) in [6, 6.07) is 0.541. The van der Waals surface area contributed by atoms with Gasteiger partial charge in [-0.15, -0.1) is 0 Å². The summed E-state index contributed by atoms with van der Waals surface area (Å²) in [7, 11) is 1.41. The molecule has 1 saturated heterocycles. The number of guanidine groups is 1. The summed E-state index contributed by atoms with van der Waals surface area (Å²) in [5, 5.41) is 3.09. The van der Waals surface area contributed by atoms with Crippen molar-refractivity contribution in [1.29, 1.82) is 0 Å². The second-order valence-corrected chi connectivity index (χ2v) is 5.11. The fourth-order valence-corrected chi connectivity index (χ4v) is 2.49. The van der Waals surface area contributed by atoms with Crippen LogP contribution in [-0.2, 0) is 9.53 Å². The van der Waals surface area contributed by atoms with Crippen LogP contribution in [0.2, 0.25) is 0 Å². The van der Waals surface area contributed by atoms with Crippen LogP contribution in [0.1, 0.15) is 39.0 Å². The van der Waals surface area contributed by atoms with Gasteiger partial charge in [0.25, 0.3) is 0 Å². The van der Waals surface area contributed by atoms with E-state index in [0.29, 0.717) is 18.4 Å². The molecule has 1 atom stereocenters. The molecular formula is C14H28N4O2. The third-order valence-electron chi connectivity index (χ3n) is 3.72. The van der Waals surface area contributed by atoms with E-state index in [4.69, 9.17) is 5.73 Å². The molecule has 0 aromatic carbocycles. The van der Waals surface area contributed by atoms with E-state index in [-0.39, 0.29) is 5.97 Å². The van der Waals surface area contributed by atoms with Crippen molar-refractivity contribution in [3.05, 3.63) is 0 Å².